The zero-order valence-electron chi connectivity index (χ0n) is 12.8. The first-order chi connectivity index (χ1) is 11.7. The molecule has 2 aromatic carbocycles. The van der Waals surface area contributed by atoms with E-state index >= 15 is 0 Å². The lowest BCUT2D eigenvalue weighted by Gasteiger charge is -2.19. The van der Waals surface area contributed by atoms with Gasteiger partial charge < -0.3 is 10.6 Å². The van der Waals surface area contributed by atoms with Crippen molar-refractivity contribution in [1.82, 2.24) is 20.3 Å². The second kappa shape index (κ2) is 7.36. The number of carbonyl (C=O) groups excluding carboxylic acids is 1. The average Bonchev–Trinajstić information content (AvgIpc) is 3.10. The fourth-order valence-corrected chi connectivity index (χ4v) is 2.28. The number of anilines is 1. The van der Waals surface area contributed by atoms with E-state index in [9.17, 15) is 9.18 Å². The van der Waals surface area contributed by atoms with Gasteiger partial charge in [0.15, 0.2) is 0 Å². The molecule has 2 N–H and O–H groups in total. The molecular weight excluding hydrogens is 309 g/mol. The Morgan fingerprint density at radius 1 is 1.04 bits per heavy atom. The van der Waals surface area contributed by atoms with E-state index in [1.807, 2.05) is 30.3 Å². The van der Waals surface area contributed by atoms with Crippen LogP contribution in [0.4, 0.5) is 14.9 Å². The highest BCUT2D eigenvalue weighted by atomic mass is 19.1. The highest BCUT2D eigenvalue weighted by molar-refractivity contribution is 5.89. The molecular formula is C17H16FN5O. The van der Waals surface area contributed by atoms with Gasteiger partial charge in [-0.3, -0.25) is 0 Å². The van der Waals surface area contributed by atoms with E-state index in [1.54, 1.807) is 12.4 Å². The summed E-state index contributed by atoms with van der Waals surface area (Å²) in [5.41, 5.74) is 1.45. The first-order valence-electron chi connectivity index (χ1n) is 7.43. The van der Waals surface area contributed by atoms with Crippen LogP contribution < -0.4 is 10.6 Å². The summed E-state index contributed by atoms with van der Waals surface area (Å²) in [6, 6.07) is 14.4. The fraction of sp³-hybridized carbons (Fsp3) is 0.118. The quantitative estimate of drug-likeness (QED) is 0.757. The number of nitrogens with one attached hydrogen (secondary N) is 2. The summed E-state index contributed by atoms with van der Waals surface area (Å²) in [6.07, 6.45) is 3.17. The summed E-state index contributed by atoms with van der Waals surface area (Å²) in [7, 11) is 0. The van der Waals surface area contributed by atoms with Gasteiger partial charge in [0.05, 0.1) is 25.0 Å². The molecule has 3 aromatic rings. The third-order valence-electron chi connectivity index (χ3n) is 3.42. The van der Waals surface area contributed by atoms with Gasteiger partial charge in [0, 0.05) is 5.69 Å². The average molecular weight is 325 g/mol. The molecule has 0 spiro atoms. The predicted octanol–water partition coefficient (Wildman–Crippen LogP) is 2.98. The molecule has 24 heavy (non-hydrogen) atoms. The first kappa shape index (κ1) is 15.7. The first-order valence-corrected chi connectivity index (χ1v) is 7.43. The largest absolute Gasteiger partial charge is 0.329 e. The number of nitrogens with zero attached hydrogens (tertiary/aromatic N) is 3. The summed E-state index contributed by atoms with van der Waals surface area (Å²) >= 11 is 0. The fourth-order valence-electron chi connectivity index (χ4n) is 2.28. The molecule has 0 saturated carbocycles. The van der Waals surface area contributed by atoms with Crippen LogP contribution in [0, 0.1) is 5.82 Å². The normalized spacial score (nSPS) is 11.7. The summed E-state index contributed by atoms with van der Waals surface area (Å²) in [5, 5.41) is 13.7. The van der Waals surface area contributed by atoms with Crippen LogP contribution in [0.5, 0.6) is 0 Å². The van der Waals surface area contributed by atoms with E-state index in [0.717, 1.165) is 5.56 Å². The van der Waals surface area contributed by atoms with Gasteiger partial charge in [-0.15, -0.1) is 0 Å². The van der Waals surface area contributed by atoms with E-state index in [4.69, 9.17) is 0 Å². The summed E-state index contributed by atoms with van der Waals surface area (Å²) in [6.45, 7) is 0.397. The molecule has 0 saturated heterocycles. The molecule has 6 nitrogen and oxygen atoms in total. The van der Waals surface area contributed by atoms with Gasteiger partial charge in [0.25, 0.3) is 0 Å². The number of benzene rings is 2. The maximum absolute atomic E-state index is 12.9. The molecule has 122 valence electrons. The van der Waals surface area contributed by atoms with Crippen molar-refractivity contribution in [2.45, 2.75) is 12.6 Å². The van der Waals surface area contributed by atoms with Crippen LogP contribution >= 0.6 is 0 Å². The molecule has 0 fully saturated rings. The van der Waals surface area contributed by atoms with Crippen molar-refractivity contribution in [2.24, 2.45) is 0 Å². The minimum Gasteiger partial charge on any atom is -0.329 e. The lowest BCUT2D eigenvalue weighted by molar-refractivity contribution is 0.246. The van der Waals surface area contributed by atoms with Crippen molar-refractivity contribution in [1.29, 1.82) is 0 Å². The number of urea groups is 1. The third-order valence-corrected chi connectivity index (χ3v) is 3.42. The van der Waals surface area contributed by atoms with Crippen molar-refractivity contribution in [3.05, 3.63) is 78.4 Å². The molecule has 3 rings (SSSR count). The van der Waals surface area contributed by atoms with Crippen LogP contribution in [-0.2, 0) is 6.54 Å². The Labute approximate surface area is 138 Å². The molecule has 1 atom stereocenters. The van der Waals surface area contributed by atoms with Gasteiger partial charge in [-0.1, -0.05) is 30.3 Å². The molecule has 1 aromatic heterocycles. The molecule has 7 heteroatoms. The van der Waals surface area contributed by atoms with Crippen molar-refractivity contribution in [3.8, 4) is 0 Å². The zero-order valence-corrected chi connectivity index (χ0v) is 12.8. The highest BCUT2D eigenvalue weighted by Gasteiger charge is 2.16. The number of carbonyl (C=O) groups is 1. The zero-order chi connectivity index (χ0) is 16.8. The monoisotopic (exact) mass is 325 g/mol. The Kier molecular flexibility index (Phi) is 4.81. The highest BCUT2D eigenvalue weighted by Crippen LogP contribution is 2.15. The number of rotatable bonds is 5. The van der Waals surface area contributed by atoms with Gasteiger partial charge >= 0.3 is 6.03 Å². The number of hydrogen-bond acceptors (Lipinski definition) is 3. The van der Waals surface area contributed by atoms with Gasteiger partial charge in [0.1, 0.15) is 5.82 Å². The SMILES string of the molecule is O=C(Nc1ccc(F)cc1)NC(Cn1nccn1)c1ccccc1. The number of halogens is 1. The number of hydrogen-bond donors (Lipinski definition) is 2. The number of aromatic nitrogens is 3. The van der Waals surface area contributed by atoms with Crippen LogP contribution in [0.15, 0.2) is 67.0 Å². The van der Waals surface area contributed by atoms with Crippen molar-refractivity contribution < 1.29 is 9.18 Å². The van der Waals surface area contributed by atoms with Gasteiger partial charge in [-0.25, -0.2) is 9.18 Å². The van der Waals surface area contributed by atoms with Crippen molar-refractivity contribution in [3.63, 3.8) is 0 Å². The van der Waals surface area contributed by atoms with E-state index in [-0.39, 0.29) is 17.9 Å². The maximum atomic E-state index is 12.9. The molecule has 1 unspecified atom stereocenters. The van der Waals surface area contributed by atoms with Crippen LogP contribution in [0.3, 0.4) is 0 Å². The minimum absolute atomic E-state index is 0.306. The Balaban J connectivity index is 1.71. The Bertz CT molecular complexity index is 775. The summed E-state index contributed by atoms with van der Waals surface area (Å²) in [5.74, 6) is -0.354. The van der Waals surface area contributed by atoms with E-state index < -0.39 is 0 Å². The van der Waals surface area contributed by atoms with E-state index in [0.29, 0.717) is 12.2 Å². The van der Waals surface area contributed by atoms with Gasteiger partial charge in [0.2, 0.25) is 0 Å². The van der Waals surface area contributed by atoms with Crippen molar-refractivity contribution >= 4 is 11.7 Å². The van der Waals surface area contributed by atoms with Gasteiger partial charge in [-0.2, -0.15) is 15.0 Å². The third kappa shape index (κ3) is 4.16. The lowest BCUT2D eigenvalue weighted by Crippen LogP contribution is -2.35. The van der Waals surface area contributed by atoms with Gasteiger partial charge in [-0.05, 0) is 29.8 Å². The molecule has 0 aliphatic rings. The molecule has 0 bridgehead atoms. The maximum Gasteiger partial charge on any atom is 0.319 e. The topological polar surface area (TPSA) is 71.8 Å². The Morgan fingerprint density at radius 3 is 2.38 bits per heavy atom. The predicted molar refractivity (Wildman–Crippen MR) is 87.8 cm³/mol. The van der Waals surface area contributed by atoms with Crippen molar-refractivity contribution in [2.75, 3.05) is 5.32 Å². The molecule has 0 aliphatic heterocycles. The minimum atomic E-state index is -0.386. The van der Waals surface area contributed by atoms with E-state index in [2.05, 4.69) is 20.8 Å². The van der Waals surface area contributed by atoms with Crippen LogP contribution in [0.2, 0.25) is 0 Å². The Morgan fingerprint density at radius 2 is 1.71 bits per heavy atom. The number of amides is 2. The second-order valence-electron chi connectivity index (χ2n) is 5.15. The van der Waals surface area contributed by atoms with Crippen LogP contribution in [0.1, 0.15) is 11.6 Å². The molecule has 1 heterocycles. The standard InChI is InChI=1S/C17H16FN5O/c18-14-6-8-15(9-7-14)21-17(24)22-16(12-23-19-10-11-20-23)13-4-2-1-3-5-13/h1-11,16H,12H2,(H2,21,22,24). The second-order valence-corrected chi connectivity index (χ2v) is 5.15. The lowest BCUT2D eigenvalue weighted by atomic mass is 10.1. The summed E-state index contributed by atoms with van der Waals surface area (Å²) < 4.78 is 12.9. The molecule has 0 aliphatic carbocycles. The van der Waals surface area contributed by atoms with Crippen LogP contribution in [-0.4, -0.2) is 21.0 Å². The van der Waals surface area contributed by atoms with E-state index in [1.165, 1.54) is 29.1 Å². The molecule has 2 amide bonds. The Hall–Kier alpha value is -3.22. The summed E-state index contributed by atoms with van der Waals surface area (Å²) in [4.78, 5) is 13.8. The smallest absolute Gasteiger partial charge is 0.319 e. The van der Waals surface area contributed by atoms with Crippen LogP contribution in [0.25, 0.3) is 0 Å². The molecule has 0 radical (unpaired) electrons.